The van der Waals surface area contributed by atoms with Gasteiger partial charge in [0.05, 0.1) is 27.6 Å². The third-order valence-corrected chi connectivity index (χ3v) is 15.9. The van der Waals surface area contributed by atoms with E-state index in [4.69, 9.17) is 0 Å². The van der Waals surface area contributed by atoms with Crippen molar-refractivity contribution in [2.45, 2.75) is 10.8 Å². The SMILES string of the molecule is c1ccc(C2(c3ccccc3)c3ccccc3-c3c(N(c4ccc(-n5c6ccccc6c6ccccc65)cc4)c4ccc5c(c4)C4(c6ccccc6-c6ccccc64)c4ccccc4-5)cccc32)cc1. The van der Waals surface area contributed by atoms with E-state index >= 15 is 0 Å². The van der Waals surface area contributed by atoms with Crippen LogP contribution in [0.5, 0.6) is 0 Å². The smallest absolute Gasteiger partial charge is 0.0726 e. The second-order valence-electron chi connectivity index (χ2n) is 19.1. The minimum atomic E-state index is -0.544. The van der Waals surface area contributed by atoms with E-state index in [1.54, 1.807) is 0 Å². The predicted molar refractivity (Wildman–Crippen MR) is 289 cm³/mol. The van der Waals surface area contributed by atoms with Gasteiger partial charge in [0.2, 0.25) is 0 Å². The molecule has 0 N–H and O–H groups in total. The highest BCUT2D eigenvalue weighted by Crippen LogP contribution is 2.64. The first-order valence-electron chi connectivity index (χ1n) is 24.4. The summed E-state index contributed by atoms with van der Waals surface area (Å²) in [5.74, 6) is 0. The van der Waals surface area contributed by atoms with Crippen molar-refractivity contribution in [3.05, 3.63) is 311 Å². The molecule has 15 rings (SSSR count). The molecule has 0 saturated carbocycles. The minimum Gasteiger partial charge on any atom is -0.310 e. The molecule has 1 spiro atoms. The Hall–Kier alpha value is -8.98. The fourth-order valence-electron chi connectivity index (χ4n) is 13.3. The lowest BCUT2D eigenvalue weighted by atomic mass is 9.68. The van der Waals surface area contributed by atoms with Gasteiger partial charge in [-0.1, -0.05) is 212 Å². The van der Waals surface area contributed by atoms with Crippen molar-refractivity contribution in [1.82, 2.24) is 4.57 Å². The highest BCUT2D eigenvalue weighted by Gasteiger charge is 2.52. The summed E-state index contributed by atoms with van der Waals surface area (Å²) in [6.45, 7) is 0. The van der Waals surface area contributed by atoms with Crippen molar-refractivity contribution >= 4 is 38.9 Å². The summed E-state index contributed by atoms with van der Waals surface area (Å²) < 4.78 is 2.41. The molecule has 0 fully saturated rings. The molecule has 0 aliphatic heterocycles. The predicted octanol–water partition coefficient (Wildman–Crippen LogP) is 17.0. The minimum absolute atomic E-state index is 0.484. The first-order chi connectivity index (χ1) is 34.8. The molecule has 0 unspecified atom stereocenters. The van der Waals surface area contributed by atoms with Gasteiger partial charge in [0, 0.05) is 33.4 Å². The molecule has 11 aromatic carbocycles. The number of benzene rings is 11. The number of hydrogen-bond donors (Lipinski definition) is 0. The van der Waals surface area contributed by atoms with Gasteiger partial charge >= 0.3 is 0 Å². The zero-order valence-electron chi connectivity index (χ0n) is 38.3. The van der Waals surface area contributed by atoms with Crippen molar-refractivity contribution in [2.75, 3.05) is 4.90 Å². The van der Waals surface area contributed by atoms with E-state index in [0.717, 1.165) is 22.7 Å². The number of para-hydroxylation sites is 2. The Morgan fingerprint density at radius 3 is 1.27 bits per heavy atom. The third kappa shape index (κ3) is 5.07. The quantitative estimate of drug-likeness (QED) is 0.161. The molecule has 326 valence electrons. The molecule has 70 heavy (non-hydrogen) atoms. The monoisotopic (exact) mass is 888 g/mol. The summed E-state index contributed by atoms with van der Waals surface area (Å²) >= 11 is 0. The fourth-order valence-corrected chi connectivity index (χ4v) is 13.3. The van der Waals surface area contributed by atoms with Gasteiger partial charge in [-0.05, 0) is 127 Å². The van der Waals surface area contributed by atoms with Crippen molar-refractivity contribution in [3.8, 4) is 39.1 Å². The summed E-state index contributed by atoms with van der Waals surface area (Å²) in [5.41, 5.74) is 23.9. The molecular weight excluding hydrogens is 845 g/mol. The van der Waals surface area contributed by atoms with Gasteiger partial charge in [-0.25, -0.2) is 0 Å². The van der Waals surface area contributed by atoms with E-state index < -0.39 is 10.8 Å². The second-order valence-corrected chi connectivity index (χ2v) is 19.1. The van der Waals surface area contributed by atoms with Crippen molar-refractivity contribution in [1.29, 1.82) is 0 Å². The summed E-state index contributed by atoms with van der Waals surface area (Å²) in [4.78, 5) is 2.54. The average molecular weight is 889 g/mol. The van der Waals surface area contributed by atoms with Crippen molar-refractivity contribution in [2.24, 2.45) is 0 Å². The largest absolute Gasteiger partial charge is 0.310 e. The number of anilines is 3. The number of nitrogens with zero attached hydrogens (tertiary/aromatic N) is 2. The van der Waals surface area contributed by atoms with Gasteiger partial charge in [-0.3, -0.25) is 0 Å². The highest BCUT2D eigenvalue weighted by atomic mass is 15.1. The number of hydrogen-bond acceptors (Lipinski definition) is 1. The van der Waals surface area contributed by atoms with Gasteiger partial charge in [0.15, 0.2) is 0 Å². The topological polar surface area (TPSA) is 8.17 Å². The number of fused-ring (bicyclic) bond motifs is 16. The van der Waals surface area contributed by atoms with Crippen LogP contribution in [0.4, 0.5) is 17.1 Å². The van der Waals surface area contributed by atoms with Crippen molar-refractivity contribution < 1.29 is 0 Å². The van der Waals surface area contributed by atoms with Crippen LogP contribution in [-0.2, 0) is 10.8 Å². The zero-order chi connectivity index (χ0) is 46.0. The van der Waals surface area contributed by atoms with Crippen molar-refractivity contribution in [3.63, 3.8) is 0 Å². The van der Waals surface area contributed by atoms with Gasteiger partial charge in [-0.2, -0.15) is 0 Å². The maximum absolute atomic E-state index is 2.54. The maximum atomic E-state index is 2.54. The van der Waals surface area contributed by atoms with Crippen LogP contribution in [0, 0.1) is 0 Å². The molecule has 1 heterocycles. The van der Waals surface area contributed by atoms with E-state index in [9.17, 15) is 0 Å². The third-order valence-electron chi connectivity index (χ3n) is 15.9. The summed E-state index contributed by atoms with van der Waals surface area (Å²) in [6.07, 6.45) is 0. The molecule has 2 heteroatoms. The lowest BCUT2D eigenvalue weighted by Gasteiger charge is -2.35. The fraction of sp³-hybridized carbons (Fsp3) is 0.0294. The first kappa shape index (κ1) is 39.1. The normalized spacial score (nSPS) is 13.9. The molecule has 0 radical (unpaired) electrons. The standard InChI is InChI=1S/C68H44N2/c1-3-20-45(21-4-1)67(46-22-5-2-6-23-46)60-33-16-10-29-56(60)66-61(67)34-19-37-65(66)69(47-38-40-48(41-39-47)70-63-35-17-11-27-54(63)55-28-12-18-36-64(55)70)49-42-43-53-52-26-9-15-32-59(52)68(62(53)44-49)57-30-13-7-24-50(57)51-25-8-14-31-58(51)68/h1-44H. The molecule has 0 bridgehead atoms. The highest BCUT2D eigenvalue weighted by molar-refractivity contribution is 6.09. The Bertz CT molecular complexity index is 3910. The molecule has 12 aromatic rings. The Morgan fingerprint density at radius 1 is 0.286 bits per heavy atom. The van der Waals surface area contributed by atoms with Gasteiger partial charge < -0.3 is 9.47 Å². The van der Waals surface area contributed by atoms with Gasteiger partial charge in [0.25, 0.3) is 0 Å². The Balaban J connectivity index is 1.01. The molecule has 3 aliphatic carbocycles. The molecular formula is C68H44N2. The van der Waals surface area contributed by atoms with Crippen LogP contribution in [0.2, 0.25) is 0 Å². The molecule has 0 amide bonds. The Kier molecular flexibility index (Phi) is 8.24. The maximum Gasteiger partial charge on any atom is 0.0726 e. The van der Waals surface area contributed by atoms with Crippen LogP contribution >= 0.6 is 0 Å². The van der Waals surface area contributed by atoms with E-state index in [1.807, 2.05) is 0 Å². The van der Waals surface area contributed by atoms with Crippen LogP contribution in [0.1, 0.15) is 44.5 Å². The lowest BCUT2D eigenvalue weighted by Crippen LogP contribution is -2.28. The van der Waals surface area contributed by atoms with Crippen LogP contribution in [0.3, 0.4) is 0 Å². The average Bonchev–Trinajstić information content (AvgIpc) is 4.13. The van der Waals surface area contributed by atoms with E-state index in [-0.39, 0.29) is 0 Å². The van der Waals surface area contributed by atoms with Gasteiger partial charge in [-0.15, -0.1) is 0 Å². The van der Waals surface area contributed by atoms with Crippen LogP contribution < -0.4 is 4.90 Å². The summed E-state index contributed by atoms with van der Waals surface area (Å²) in [5, 5.41) is 2.51. The molecule has 0 saturated heterocycles. The zero-order valence-corrected chi connectivity index (χ0v) is 38.3. The van der Waals surface area contributed by atoms with E-state index in [1.165, 1.54) is 99.7 Å². The van der Waals surface area contributed by atoms with E-state index in [0.29, 0.717) is 0 Å². The Morgan fingerprint density at radius 2 is 0.714 bits per heavy atom. The molecule has 2 nitrogen and oxygen atoms in total. The molecule has 0 atom stereocenters. The molecule has 1 aromatic heterocycles. The molecule has 3 aliphatic rings. The van der Waals surface area contributed by atoms with E-state index in [2.05, 4.69) is 276 Å². The Labute approximate surface area is 407 Å². The summed E-state index contributed by atoms with van der Waals surface area (Å²) in [6, 6.07) is 99.8. The van der Waals surface area contributed by atoms with Gasteiger partial charge in [0.1, 0.15) is 0 Å². The first-order valence-corrected chi connectivity index (χ1v) is 24.4. The summed E-state index contributed by atoms with van der Waals surface area (Å²) in [7, 11) is 0. The number of aromatic nitrogens is 1. The van der Waals surface area contributed by atoms with Crippen LogP contribution in [0.25, 0.3) is 60.9 Å². The van der Waals surface area contributed by atoms with Crippen LogP contribution in [0.15, 0.2) is 267 Å². The second kappa shape index (κ2) is 14.8. The lowest BCUT2D eigenvalue weighted by molar-refractivity contribution is 0.768. The van der Waals surface area contributed by atoms with Crippen LogP contribution in [-0.4, -0.2) is 4.57 Å². The number of rotatable bonds is 6.